The van der Waals surface area contributed by atoms with Crippen LogP contribution in [0, 0.1) is 5.82 Å². The first-order valence-electron chi connectivity index (χ1n) is 7.21. The van der Waals surface area contributed by atoms with Gasteiger partial charge in [-0.1, -0.05) is 23.9 Å². The Morgan fingerprint density at radius 3 is 2.79 bits per heavy atom. The fourth-order valence-electron chi connectivity index (χ4n) is 2.05. The quantitative estimate of drug-likeness (QED) is 0.717. The molecule has 0 spiro atoms. The number of amides is 1. The van der Waals surface area contributed by atoms with Crippen molar-refractivity contribution < 1.29 is 13.6 Å². The van der Waals surface area contributed by atoms with Crippen molar-refractivity contribution in [3.63, 3.8) is 0 Å². The molecule has 0 saturated carbocycles. The standard InChI is InChI=1S/C16H15FN4O2S/c1-10(15(22)18-12-7-4-3-6-11(12)17)24-16-20-19-14(21(16)2)13-8-5-9-23-13/h3-10H,1-2H3,(H,18,22)/t10-/m0/s1. The number of anilines is 1. The molecule has 1 N–H and O–H groups in total. The summed E-state index contributed by atoms with van der Waals surface area (Å²) >= 11 is 1.23. The van der Waals surface area contributed by atoms with Crippen molar-refractivity contribution >= 4 is 23.4 Å². The second-order valence-corrected chi connectivity index (χ2v) is 6.38. The molecule has 24 heavy (non-hydrogen) atoms. The van der Waals surface area contributed by atoms with Crippen molar-refractivity contribution in [2.45, 2.75) is 17.3 Å². The molecular formula is C16H15FN4O2S. The molecule has 0 radical (unpaired) electrons. The Kier molecular flexibility index (Phi) is 4.66. The van der Waals surface area contributed by atoms with E-state index in [9.17, 15) is 9.18 Å². The van der Waals surface area contributed by atoms with E-state index in [1.807, 2.05) is 0 Å². The zero-order valence-corrected chi connectivity index (χ0v) is 13.9. The third kappa shape index (κ3) is 3.33. The van der Waals surface area contributed by atoms with Gasteiger partial charge in [0, 0.05) is 7.05 Å². The topological polar surface area (TPSA) is 73.0 Å². The molecule has 1 aromatic carbocycles. The first-order chi connectivity index (χ1) is 11.6. The summed E-state index contributed by atoms with van der Waals surface area (Å²) in [5.74, 6) is 0.388. The van der Waals surface area contributed by atoms with Crippen LogP contribution in [0.15, 0.2) is 52.2 Å². The SMILES string of the molecule is C[C@H](Sc1nnc(-c2ccco2)n1C)C(=O)Nc1ccccc1F. The summed E-state index contributed by atoms with van der Waals surface area (Å²) < 4.78 is 20.7. The lowest BCUT2D eigenvalue weighted by molar-refractivity contribution is -0.115. The largest absolute Gasteiger partial charge is 0.461 e. The molecule has 2 aromatic heterocycles. The van der Waals surface area contributed by atoms with Crippen LogP contribution in [-0.4, -0.2) is 25.9 Å². The van der Waals surface area contributed by atoms with Crippen LogP contribution < -0.4 is 5.32 Å². The number of carbonyl (C=O) groups excluding carboxylic acids is 1. The van der Waals surface area contributed by atoms with Crippen molar-refractivity contribution in [2.75, 3.05) is 5.32 Å². The maximum absolute atomic E-state index is 13.6. The van der Waals surface area contributed by atoms with Gasteiger partial charge < -0.3 is 14.3 Å². The summed E-state index contributed by atoms with van der Waals surface area (Å²) in [6.07, 6.45) is 1.56. The summed E-state index contributed by atoms with van der Waals surface area (Å²) in [5, 5.41) is 10.8. The van der Waals surface area contributed by atoms with E-state index in [0.29, 0.717) is 16.7 Å². The van der Waals surface area contributed by atoms with Crippen LogP contribution in [0.4, 0.5) is 10.1 Å². The van der Waals surface area contributed by atoms with Crippen LogP contribution in [0.5, 0.6) is 0 Å². The highest BCUT2D eigenvalue weighted by Gasteiger charge is 2.20. The van der Waals surface area contributed by atoms with E-state index >= 15 is 0 Å². The van der Waals surface area contributed by atoms with E-state index in [1.54, 1.807) is 49.1 Å². The molecule has 3 rings (SSSR count). The van der Waals surface area contributed by atoms with Gasteiger partial charge in [-0.25, -0.2) is 4.39 Å². The van der Waals surface area contributed by atoms with Gasteiger partial charge in [0.1, 0.15) is 5.82 Å². The third-order valence-electron chi connectivity index (χ3n) is 3.36. The predicted octanol–water partition coefficient (Wildman–Crippen LogP) is 3.33. The van der Waals surface area contributed by atoms with E-state index < -0.39 is 11.1 Å². The maximum atomic E-state index is 13.6. The van der Waals surface area contributed by atoms with Gasteiger partial charge in [-0.05, 0) is 31.2 Å². The Labute approximate surface area is 142 Å². The number of nitrogens with one attached hydrogen (secondary N) is 1. The van der Waals surface area contributed by atoms with Crippen molar-refractivity contribution in [3.05, 3.63) is 48.5 Å². The number of thioether (sulfide) groups is 1. The maximum Gasteiger partial charge on any atom is 0.237 e. The monoisotopic (exact) mass is 346 g/mol. The molecule has 1 amide bonds. The van der Waals surface area contributed by atoms with Gasteiger partial charge in [0.25, 0.3) is 0 Å². The van der Waals surface area contributed by atoms with E-state index in [2.05, 4.69) is 15.5 Å². The van der Waals surface area contributed by atoms with Crippen LogP contribution in [0.2, 0.25) is 0 Å². The molecule has 0 fully saturated rings. The molecule has 0 aliphatic rings. The highest BCUT2D eigenvalue weighted by Crippen LogP contribution is 2.26. The molecule has 8 heteroatoms. The first-order valence-corrected chi connectivity index (χ1v) is 8.09. The van der Waals surface area contributed by atoms with E-state index in [-0.39, 0.29) is 11.6 Å². The molecule has 124 valence electrons. The van der Waals surface area contributed by atoms with Crippen LogP contribution in [0.25, 0.3) is 11.6 Å². The number of carbonyl (C=O) groups is 1. The number of benzene rings is 1. The molecule has 0 aliphatic heterocycles. The van der Waals surface area contributed by atoms with E-state index in [0.717, 1.165) is 0 Å². The van der Waals surface area contributed by atoms with Crippen LogP contribution >= 0.6 is 11.8 Å². The molecule has 0 saturated heterocycles. The van der Waals surface area contributed by atoms with Gasteiger partial charge in [-0.15, -0.1) is 10.2 Å². The fourth-order valence-corrected chi connectivity index (χ4v) is 2.86. The first kappa shape index (κ1) is 16.3. The number of aromatic nitrogens is 3. The molecule has 3 aromatic rings. The van der Waals surface area contributed by atoms with Crippen molar-refractivity contribution in [2.24, 2.45) is 7.05 Å². The van der Waals surface area contributed by atoms with E-state index in [4.69, 9.17) is 4.42 Å². The third-order valence-corrected chi connectivity index (χ3v) is 4.49. The van der Waals surface area contributed by atoms with Gasteiger partial charge in [0.2, 0.25) is 5.91 Å². The second-order valence-electron chi connectivity index (χ2n) is 5.07. The number of rotatable bonds is 5. The molecular weight excluding hydrogens is 331 g/mol. The number of hydrogen-bond acceptors (Lipinski definition) is 5. The predicted molar refractivity (Wildman–Crippen MR) is 89.1 cm³/mol. The number of para-hydroxylation sites is 1. The zero-order chi connectivity index (χ0) is 17.1. The average Bonchev–Trinajstić information content (AvgIpc) is 3.20. The minimum Gasteiger partial charge on any atom is -0.461 e. The zero-order valence-electron chi connectivity index (χ0n) is 13.1. The lowest BCUT2D eigenvalue weighted by Crippen LogP contribution is -2.23. The Morgan fingerprint density at radius 2 is 2.08 bits per heavy atom. The van der Waals surface area contributed by atoms with Crippen LogP contribution in [0.1, 0.15) is 6.92 Å². The lowest BCUT2D eigenvalue weighted by Gasteiger charge is -2.12. The Bertz CT molecular complexity index is 848. The molecule has 2 heterocycles. The highest BCUT2D eigenvalue weighted by atomic mass is 32.2. The van der Waals surface area contributed by atoms with E-state index in [1.165, 1.54) is 23.9 Å². The smallest absolute Gasteiger partial charge is 0.237 e. The van der Waals surface area contributed by atoms with Gasteiger partial charge in [0.05, 0.1) is 17.2 Å². The lowest BCUT2D eigenvalue weighted by atomic mass is 10.3. The number of nitrogens with zero attached hydrogens (tertiary/aromatic N) is 3. The Balaban J connectivity index is 1.70. The summed E-state index contributed by atoms with van der Waals surface area (Å²) in [6, 6.07) is 9.59. The summed E-state index contributed by atoms with van der Waals surface area (Å²) in [4.78, 5) is 12.2. The summed E-state index contributed by atoms with van der Waals surface area (Å²) in [7, 11) is 1.79. The van der Waals surface area contributed by atoms with Crippen molar-refractivity contribution in [1.82, 2.24) is 14.8 Å². The molecule has 0 aliphatic carbocycles. The van der Waals surface area contributed by atoms with Gasteiger partial charge in [0.15, 0.2) is 16.7 Å². The highest BCUT2D eigenvalue weighted by molar-refractivity contribution is 8.00. The van der Waals surface area contributed by atoms with Gasteiger partial charge >= 0.3 is 0 Å². The molecule has 1 atom stereocenters. The van der Waals surface area contributed by atoms with Crippen LogP contribution in [-0.2, 0) is 11.8 Å². The normalized spacial score (nSPS) is 12.1. The number of hydrogen-bond donors (Lipinski definition) is 1. The minimum absolute atomic E-state index is 0.157. The fraction of sp³-hybridized carbons (Fsp3) is 0.188. The van der Waals surface area contributed by atoms with Crippen molar-refractivity contribution in [1.29, 1.82) is 0 Å². The van der Waals surface area contributed by atoms with Crippen LogP contribution in [0.3, 0.4) is 0 Å². The number of furan rings is 1. The summed E-state index contributed by atoms with van der Waals surface area (Å²) in [5.41, 5.74) is 0.157. The summed E-state index contributed by atoms with van der Waals surface area (Å²) in [6.45, 7) is 1.72. The molecule has 0 unspecified atom stereocenters. The molecule has 6 nitrogen and oxygen atoms in total. The minimum atomic E-state index is -0.475. The Morgan fingerprint density at radius 1 is 1.29 bits per heavy atom. The number of halogens is 1. The van der Waals surface area contributed by atoms with Gasteiger partial charge in [-0.2, -0.15) is 0 Å². The molecule has 0 bridgehead atoms. The second kappa shape index (κ2) is 6.88. The van der Waals surface area contributed by atoms with Crippen molar-refractivity contribution in [3.8, 4) is 11.6 Å². The Hall–Kier alpha value is -2.61. The average molecular weight is 346 g/mol. The van der Waals surface area contributed by atoms with Gasteiger partial charge in [-0.3, -0.25) is 4.79 Å².